The molecular formula is C27H36ClN3O5. The van der Waals surface area contributed by atoms with Gasteiger partial charge >= 0.3 is 6.09 Å². The van der Waals surface area contributed by atoms with Crippen LogP contribution in [0.2, 0.25) is 5.02 Å². The van der Waals surface area contributed by atoms with Crippen molar-refractivity contribution in [3.8, 4) is 0 Å². The van der Waals surface area contributed by atoms with E-state index in [1.54, 1.807) is 32.9 Å². The summed E-state index contributed by atoms with van der Waals surface area (Å²) in [4.78, 5) is 40.8. The van der Waals surface area contributed by atoms with Crippen molar-refractivity contribution in [3.05, 3.63) is 63.7 Å². The van der Waals surface area contributed by atoms with Crippen molar-refractivity contribution in [1.82, 2.24) is 10.2 Å². The summed E-state index contributed by atoms with van der Waals surface area (Å²) in [5, 5.41) is 15.6. The number of hydrogen-bond acceptors (Lipinski definition) is 5. The second kappa shape index (κ2) is 12.2. The summed E-state index contributed by atoms with van der Waals surface area (Å²) in [6.45, 7) is 11.7. The molecule has 0 saturated carbocycles. The van der Waals surface area contributed by atoms with E-state index >= 15 is 0 Å². The van der Waals surface area contributed by atoms with E-state index in [4.69, 9.17) is 16.3 Å². The third-order valence-electron chi connectivity index (χ3n) is 5.32. The number of benzene rings is 2. The zero-order chi connectivity index (χ0) is 27.2. The Hall–Kier alpha value is -3.10. The van der Waals surface area contributed by atoms with Gasteiger partial charge in [0.05, 0.1) is 17.3 Å². The summed E-state index contributed by atoms with van der Waals surface area (Å²) in [5.74, 6) is -1.05. The molecule has 36 heavy (non-hydrogen) atoms. The van der Waals surface area contributed by atoms with E-state index in [2.05, 4.69) is 10.6 Å². The number of rotatable bonds is 8. The van der Waals surface area contributed by atoms with E-state index in [1.165, 1.54) is 11.8 Å². The Morgan fingerprint density at radius 1 is 1.08 bits per heavy atom. The first-order valence-electron chi connectivity index (χ1n) is 11.8. The molecule has 0 fully saturated rings. The molecule has 0 spiro atoms. The summed E-state index contributed by atoms with van der Waals surface area (Å²) in [5.41, 5.74) is 2.85. The first-order valence-corrected chi connectivity index (χ1v) is 12.2. The minimum Gasteiger partial charge on any atom is -0.444 e. The first kappa shape index (κ1) is 29.1. The van der Waals surface area contributed by atoms with E-state index < -0.39 is 35.6 Å². The minimum atomic E-state index is -1.10. The van der Waals surface area contributed by atoms with Crippen molar-refractivity contribution in [3.63, 3.8) is 0 Å². The standard InChI is InChI=1S/C27H36ClN3O5/c1-16-13-17(2)15-20(14-16)23(24(33)30-22-18(3)9-8-10-21(22)28)31(11-12-32)25(34)19(4)29-26(35)36-27(5,6)7/h8-10,13-15,19,23,32H,11-12H2,1-7H3,(H,29,35)(H,30,33). The SMILES string of the molecule is Cc1cc(C)cc(C(C(=O)Nc2c(C)cccc2Cl)N(CCO)C(=O)C(C)NC(=O)OC(C)(C)C)c1. The number of amides is 3. The average Bonchev–Trinajstić information content (AvgIpc) is 2.73. The molecule has 9 heteroatoms. The number of hydrogen-bond donors (Lipinski definition) is 3. The van der Waals surface area contributed by atoms with Gasteiger partial charge < -0.3 is 25.4 Å². The van der Waals surface area contributed by atoms with Gasteiger partial charge in [0.1, 0.15) is 17.7 Å². The number of ether oxygens (including phenoxy) is 1. The number of carbonyl (C=O) groups excluding carboxylic acids is 3. The van der Waals surface area contributed by atoms with Gasteiger partial charge in [-0.2, -0.15) is 0 Å². The Morgan fingerprint density at radius 2 is 1.69 bits per heavy atom. The van der Waals surface area contributed by atoms with E-state index in [-0.39, 0.29) is 13.2 Å². The van der Waals surface area contributed by atoms with Gasteiger partial charge in [-0.25, -0.2) is 4.79 Å². The fourth-order valence-corrected chi connectivity index (χ4v) is 4.16. The molecule has 2 atom stereocenters. The summed E-state index contributed by atoms with van der Waals surface area (Å²) in [7, 11) is 0. The molecule has 0 aliphatic carbocycles. The number of aryl methyl sites for hydroxylation is 3. The van der Waals surface area contributed by atoms with Gasteiger partial charge in [-0.1, -0.05) is 53.1 Å². The molecular weight excluding hydrogens is 482 g/mol. The Labute approximate surface area is 218 Å². The number of alkyl carbamates (subject to hydrolysis) is 1. The number of nitrogens with zero attached hydrogens (tertiary/aromatic N) is 1. The number of carbonyl (C=O) groups is 3. The smallest absolute Gasteiger partial charge is 0.408 e. The summed E-state index contributed by atoms with van der Waals surface area (Å²) >= 11 is 6.34. The van der Waals surface area contributed by atoms with Crippen LogP contribution in [0.1, 0.15) is 56.0 Å². The molecule has 0 aliphatic rings. The average molecular weight is 518 g/mol. The van der Waals surface area contributed by atoms with E-state index in [0.717, 1.165) is 16.7 Å². The lowest BCUT2D eigenvalue weighted by Crippen LogP contribution is -2.52. The van der Waals surface area contributed by atoms with Crippen LogP contribution in [0.4, 0.5) is 10.5 Å². The van der Waals surface area contributed by atoms with Gasteiger partial charge in [0.15, 0.2) is 0 Å². The molecule has 196 valence electrons. The summed E-state index contributed by atoms with van der Waals surface area (Å²) in [6.07, 6.45) is -0.758. The number of aliphatic hydroxyl groups is 1. The highest BCUT2D eigenvalue weighted by Crippen LogP contribution is 2.30. The Kier molecular flexibility index (Phi) is 9.90. The molecule has 2 rings (SSSR count). The fourth-order valence-electron chi connectivity index (χ4n) is 3.89. The second-order valence-electron chi connectivity index (χ2n) is 9.87. The highest BCUT2D eigenvalue weighted by atomic mass is 35.5. The van der Waals surface area contributed by atoms with Gasteiger partial charge in [-0.3, -0.25) is 9.59 Å². The molecule has 0 radical (unpaired) electrons. The third kappa shape index (κ3) is 7.96. The number of nitrogens with one attached hydrogen (secondary N) is 2. The molecule has 0 heterocycles. The van der Waals surface area contributed by atoms with Crippen LogP contribution in [0, 0.1) is 20.8 Å². The molecule has 3 amide bonds. The highest BCUT2D eigenvalue weighted by Gasteiger charge is 2.35. The molecule has 0 aliphatic heterocycles. The Balaban J connectivity index is 2.49. The van der Waals surface area contributed by atoms with Gasteiger partial charge in [0.2, 0.25) is 5.91 Å². The lowest BCUT2D eigenvalue weighted by atomic mass is 9.98. The van der Waals surface area contributed by atoms with Crippen LogP contribution in [0.25, 0.3) is 0 Å². The van der Waals surface area contributed by atoms with Crippen molar-refractivity contribution in [1.29, 1.82) is 0 Å². The van der Waals surface area contributed by atoms with Crippen molar-refractivity contribution in [2.24, 2.45) is 0 Å². The van der Waals surface area contributed by atoms with Crippen LogP contribution < -0.4 is 10.6 Å². The zero-order valence-electron chi connectivity index (χ0n) is 21.9. The van der Waals surface area contributed by atoms with Crippen molar-refractivity contribution < 1.29 is 24.2 Å². The molecule has 2 aromatic rings. The van der Waals surface area contributed by atoms with Crippen molar-refractivity contribution in [2.75, 3.05) is 18.5 Å². The third-order valence-corrected chi connectivity index (χ3v) is 5.63. The summed E-state index contributed by atoms with van der Waals surface area (Å²) < 4.78 is 5.26. The van der Waals surface area contributed by atoms with E-state index in [9.17, 15) is 19.5 Å². The van der Waals surface area contributed by atoms with E-state index in [1.807, 2.05) is 45.0 Å². The van der Waals surface area contributed by atoms with Crippen molar-refractivity contribution in [2.45, 2.75) is 66.2 Å². The maximum absolute atomic E-state index is 13.7. The monoisotopic (exact) mass is 517 g/mol. The highest BCUT2D eigenvalue weighted by molar-refractivity contribution is 6.34. The van der Waals surface area contributed by atoms with E-state index in [0.29, 0.717) is 16.3 Å². The van der Waals surface area contributed by atoms with Gasteiger partial charge in [0, 0.05) is 6.54 Å². The number of anilines is 1. The topological polar surface area (TPSA) is 108 Å². The maximum Gasteiger partial charge on any atom is 0.408 e. The maximum atomic E-state index is 13.7. The fraction of sp³-hybridized carbons (Fsp3) is 0.444. The predicted molar refractivity (Wildman–Crippen MR) is 141 cm³/mol. The van der Waals surface area contributed by atoms with Crippen molar-refractivity contribution >= 4 is 35.2 Å². The molecule has 2 unspecified atom stereocenters. The molecule has 2 aromatic carbocycles. The van der Waals surface area contributed by atoms with Gasteiger partial charge in [0.25, 0.3) is 5.91 Å². The predicted octanol–water partition coefficient (Wildman–Crippen LogP) is 4.68. The Bertz CT molecular complexity index is 1070. The number of halogens is 1. The normalized spacial score (nSPS) is 12.9. The van der Waals surface area contributed by atoms with Gasteiger partial charge in [-0.15, -0.1) is 0 Å². The molecule has 0 saturated heterocycles. The quantitative estimate of drug-likeness (QED) is 0.471. The molecule has 0 aromatic heterocycles. The lowest BCUT2D eigenvalue weighted by Gasteiger charge is -2.33. The molecule has 0 bridgehead atoms. The summed E-state index contributed by atoms with van der Waals surface area (Å²) in [6, 6.07) is 8.75. The largest absolute Gasteiger partial charge is 0.444 e. The number of para-hydroxylation sites is 1. The number of aliphatic hydroxyl groups excluding tert-OH is 1. The first-order chi connectivity index (χ1) is 16.7. The van der Waals surface area contributed by atoms with Crippen LogP contribution >= 0.6 is 11.6 Å². The lowest BCUT2D eigenvalue weighted by molar-refractivity contribution is -0.141. The zero-order valence-corrected chi connectivity index (χ0v) is 22.7. The van der Waals surface area contributed by atoms with Gasteiger partial charge in [-0.05, 0) is 65.7 Å². The minimum absolute atomic E-state index is 0.133. The van der Waals surface area contributed by atoms with Crippen LogP contribution in [0.15, 0.2) is 36.4 Å². The molecule has 8 nitrogen and oxygen atoms in total. The second-order valence-corrected chi connectivity index (χ2v) is 10.3. The Morgan fingerprint density at radius 3 is 2.22 bits per heavy atom. The van der Waals surface area contributed by atoms with Crippen LogP contribution in [-0.4, -0.2) is 52.7 Å². The molecule has 3 N–H and O–H groups in total. The van der Waals surface area contributed by atoms with Crippen LogP contribution in [0.5, 0.6) is 0 Å². The van der Waals surface area contributed by atoms with Crippen LogP contribution in [0.3, 0.4) is 0 Å². The van der Waals surface area contributed by atoms with Crippen LogP contribution in [-0.2, 0) is 14.3 Å².